The van der Waals surface area contributed by atoms with Crippen LogP contribution in [0.25, 0.3) is 33.9 Å². The number of halogens is 1. The maximum Gasteiger partial charge on any atom is 0.138 e. The minimum absolute atomic E-state index is 0.290. The van der Waals surface area contributed by atoms with E-state index in [-0.39, 0.29) is 5.82 Å². The zero-order valence-corrected chi connectivity index (χ0v) is 15.6. The van der Waals surface area contributed by atoms with E-state index in [0.717, 1.165) is 28.1 Å². The molecule has 0 saturated heterocycles. The summed E-state index contributed by atoms with van der Waals surface area (Å²) in [6, 6.07) is 19.3. The molecule has 0 saturated carbocycles. The Morgan fingerprint density at radius 1 is 0.821 bits per heavy atom. The third-order valence-electron chi connectivity index (χ3n) is 4.08. The molecule has 0 aliphatic carbocycles. The fourth-order valence-electron chi connectivity index (χ4n) is 2.76. The SMILES string of the molecule is CC.N#Cc1ccc(-c2nc(-c3ccc(F)cc3)c(-c3ccncc3)[nH]2)cc1. The van der Waals surface area contributed by atoms with Gasteiger partial charge in [0.15, 0.2) is 0 Å². The van der Waals surface area contributed by atoms with Gasteiger partial charge >= 0.3 is 0 Å². The molecular weight excluding hydrogens is 351 g/mol. The lowest BCUT2D eigenvalue weighted by Gasteiger charge is -2.02. The number of nitrogens with zero attached hydrogens (tertiary/aromatic N) is 3. The average molecular weight is 370 g/mol. The second-order valence-corrected chi connectivity index (χ2v) is 5.74. The molecule has 0 atom stereocenters. The van der Waals surface area contributed by atoms with Crippen LogP contribution < -0.4 is 0 Å². The van der Waals surface area contributed by atoms with Gasteiger partial charge in [-0.1, -0.05) is 13.8 Å². The Morgan fingerprint density at radius 2 is 1.43 bits per heavy atom. The quantitative estimate of drug-likeness (QED) is 0.492. The predicted octanol–water partition coefficient (Wildman–Crippen LogP) is 5.84. The molecule has 0 aliphatic rings. The van der Waals surface area contributed by atoms with Crippen LogP contribution >= 0.6 is 0 Å². The number of aromatic amines is 1. The van der Waals surface area contributed by atoms with Crippen LogP contribution in [0, 0.1) is 17.1 Å². The first-order valence-electron chi connectivity index (χ1n) is 9.01. The molecule has 0 spiro atoms. The van der Waals surface area contributed by atoms with Crippen LogP contribution in [-0.4, -0.2) is 15.0 Å². The molecule has 2 heterocycles. The summed E-state index contributed by atoms with van der Waals surface area (Å²) in [6.45, 7) is 4.00. The minimum atomic E-state index is -0.290. The van der Waals surface area contributed by atoms with Gasteiger partial charge in [-0.25, -0.2) is 9.37 Å². The highest BCUT2D eigenvalue weighted by molar-refractivity contribution is 5.81. The number of hydrogen-bond acceptors (Lipinski definition) is 3. The molecule has 2 aromatic carbocycles. The zero-order chi connectivity index (χ0) is 19.9. The number of imidazole rings is 1. The van der Waals surface area contributed by atoms with E-state index in [4.69, 9.17) is 10.2 Å². The van der Waals surface area contributed by atoms with E-state index >= 15 is 0 Å². The molecule has 28 heavy (non-hydrogen) atoms. The van der Waals surface area contributed by atoms with Gasteiger partial charge in [0.05, 0.1) is 23.0 Å². The molecule has 0 amide bonds. The summed E-state index contributed by atoms with van der Waals surface area (Å²) in [5.41, 5.74) is 4.77. The summed E-state index contributed by atoms with van der Waals surface area (Å²) in [7, 11) is 0. The number of benzene rings is 2. The summed E-state index contributed by atoms with van der Waals surface area (Å²) >= 11 is 0. The average Bonchev–Trinajstić information content (AvgIpc) is 3.22. The van der Waals surface area contributed by atoms with Gasteiger partial charge in [-0.05, 0) is 60.7 Å². The fraction of sp³-hybridized carbons (Fsp3) is 0.0870. The standard InChI is InChI=1S/C21H13FN4.C2H6/c22-18-7-5-15(6-8-18)19-20(16-9-11-24-12-10-16)26-21(25-19)17-3-1-14(13-23)2-4-17;1-2/h1-12H,(H,25,26);1-2H3. The second-order valence-electron chi connectivity index (χ2n) is 5.74. The van der Waals surface area contributed by atoms with E-state index in [1.165, 1.54) is 12.1 Å². The molecule has 1 N–H and O–H groups in total. The third kappa shape index (κ3) is 3.97. The third-order valence-corrected chi connectivity index (χ3v) is 4.08. The van der Waals surface area contributed by atoms with Crippen LogP contribution in [0.2, 0.25) is 0 Å². The Morgan fingerprint density at radius 3 is 2.04 bits per heavy atom. The summed E-state index contributed by atoms with van der Waals surface area (Å²) in [5, 5.41) is 8.96. The lowest BCUT2D eigenvalue weighted by molar-refractivity contribution is 0.628. The van der Waals surface area contributed by atoms with Crippen molar-refractivity contribution in [2.45, 2.75) is 13.8 Å². The van der Waals surface area contributed by atoms with E-state index in [1.807, 2.05) is 38.1 Å². The largest absolute Gasteiger partial charge is 0.337 e. The molecule has 0 unspecified atom stereocenters. The van der Waals surface area contributed by atoms with Gasteiger partial charge in [-0.15, -0.1) is 0 Å². The van der Waals surface area contributed by atoms with Crippen molar-refractivity contribution in [3.05, 3.63) is 84.4 Å². The summed E-state index contributed by atoms with van der Waals surface area (Å²) < 4.78 is 13.3. The van der Waals surface area contributed by atoms with Gasteiger partial charge in [0.2, 0.25) is 0 Å². The van der Waals surface area contributed by atoms with E-state index in [0.29, 0.717) is 11.4 Å². The van der Waals surface area contributed by atoms with Crippen LogP contribution in [0.15, 0.2) is 73.1 Å². The fourth-order valence-corrected chi connectivity index (χ4v) is 2.76. The van der Waals surface area contributed by atoms with Crippen molar-refractivity contribution in [1.82, 2.24) is 15.0 Å². The Balaban J connectivity index is 0.00000109. The van der Waals surface area contributed by atoms with Crippen molar-refractivity contribution in [2.75, 3.05) is 0 Å². The van der Waals surface area contributed by atoms with E-state index in [1.54, 1.807) is 36.7 Å². The number of aromatic nitrogens is 3. The molecule has 0 aliphatic heterocycles. The van der Waals surface area contributed by atoms with Gasteiger partial charge < -0.3 is 4.98 Å². The van der Waals surface area contributed by atoms with Gasteiger partial charge in [0.1, 0.15) is 11.6 Å². The Hall–Kier alpha value is -3.78. The van der Waals surface area contributed by atoms with Crippen molar-refractivity contribution >= 4 is 0 Å². The molecule has 0 bridgehead atoms. The molecule has 4 rings (SSSR count). The number of nitrogens with one attached hydrogen (secondary N) is 1. The molecular formula is C23H19FN4. The number of H-pyrrole nitrogens is 1. The van der Waals surface area contributed by atoms with E-state index in [9.17, 15) is 4.39 Å². The van der Waals surface area contributed by atoms with E-state index < -0.39 is 0 Å². The highest BCUT2D eigenvalue weighted by Crippen LogP contribution is 2.32. The Labute approximate surface area is 163 Å². The van der Waals surface area contributed by atoms with Crippen molar-refractivity contribution < 1.29 is 4.39 Å². The minimum Gasteiger partial charge on any atom is -0.337 e. The van der Waals surface area contributed by atoms with Crippen molar-refractivity contribution in [2.24, 2.45) is 0 Å². The first-order valence-corrected chi connectivity index (χ1v) is 9.01. The molecule has 2 aromatic heterocycles. The van der Waals surface area contributed by atoms with Crippen molar-refractivity contribution in [1.29, 1.82) is 5.26 Å². The first-order chi connectivity index (χ1) is 13.7. The Bertz CT molecular complexity index is 1080. The van der Waals surface area contributed by atoms with Crippen LogP contribution in [0.5, 0.6) is 0 Å². The van der Waals surface area contributed by atoms with Gasteiger partial charge in [-0.3, -0.25) is 4.98 Å². The lowest BCUT2D eigenvalue weighted by Crippen LogP contribution is -1.84. The molecule has 5 heteroatoms. The van der Waals surface area contributed by atoms with Gasteiger partial charge in [0.25, 0.3) is 0 Å². The highest BCUT2D eigenvalue weighted by atomic mass is 19.1. The summed E-state index contributed by atoms with van der Waals surface area (Å²) in [5.74, 6) is 0.391. The maximum absolute atomic E-state index is 13.3. The number of pyridine rings is 1. The van der Waals surface area contributed by atoms with Crippen molar-refractivity contribution in [3.8, 4) is 40.0 Å². The molecule has 0 fully saturated rings. The van der Waals surface area contributed by atoms with Gasteiger partial charge in [-0.2, -0.15) is 5.26 Å². The number of nitriles is 1. The summed E-state index contributed by atoms with van der Waals surface area (Å²) in [4.78, 5) is 12.1. The second kappa shape index (κ2) is 8.74. The van der Waals surface area contributed by atoms with Crippen molar-refractivity contribution in [3.63, 3.8) is 0 Å². The topological polar surface area (TPSA) is 65.4 Å². The summed E-state index contributed by atoms with van der Waals surface area (Å²) in [6.07, 6.45) is 3.43. The van der Waals surface area contributed by atoms with Gasteiger partial charge in [0, 0.05) is 29.1 Å². The van der Waals surface area contributed by atoms with Crippen LogP contribution in [0.4, 0.5) is 4.39 Å². The monoisotopic (exact) mass is 370 g/mol. The number of rotatable bonds is 3. The predicted molar refractivity (Wildman–Crippen MR) is 109 cm³/mol. The molecule has 4 nitrogen and oxygen atoms in total. The smallest absolute Gasteiger partial charge is 0.138 e. The molecule has 138 valence electrons. The lowest BCUT2D eigenvalue weighted by atomic mass is 10.1. The first kappa shape index (κ1) is 19.0. The van der Waals surface area contributed by atoms with Crippen LogP contribution in [-0.2, 0) is 0 Å². The number of hydrogen-bond donors (Lipinski definition) is 1. The van der Waals surface area contributed by atoms with Crippen LogP contribution in [0.3, 0.4) is 0 Å². The Kier molecular flexibility index (Phi) is 5.93. The maximum atomic E-state index is 13.3. The zero-order valence-electron chi connectivity index (χ0n) is 15.6. The highest BCUT2D eigenvalue weighted by Gasteiger charge is 2.15. The molecule has 0 radical (unpaired) electrons. The normalized spacial score (nSPS) is 9.93. The molecule has 4 aromatic rings. The van der Waals surface area contributed by atoms with Crippen LogP contribution in [0.1, 0.15) is 19.4 Å². The van der Waals surface area contributed by atoms with E-state index in [2.05, 4.69) is 16.0 Å².